The molecule has 4 rings (SSSR count). The van der Waals surface area contributed by atoms with Crippen molar-refractivity contribution in [3.63, 3.8) is 0 Å². The lowest BCUT2D eigenvalue weighted by Gasteiger charge is -2.32. The van der Waals surface area contributed by atoms with Gasteiger partial charge in [0.05, 0.1) is 24.4 Å². The van der Waals surface area contributed by atoms with E-state index >= 15 is 0 Å². The molecule has 1 aliphatic heterocycles. The van der Waals surface area contributed by atoms with Gasteiger partial charge in [-0.2, -0.15) is 0 Å². The van der Waals surface area contributed by atoms with Gasteiger partial charge in [0.2, 0.25) is 0 Å². The Morgan fingerprint density at radius 1 is 1.10 bits per heavy atom. The van der Waals surface area contributed by atoms with E-state index in [2.05, 4.69) is 10.2 Å². The molecule has 0 radical (unpaired) electrons. The van der Waals surface area contributed by atoms with Crippen molar-refractivity contribution in [2.75, 3.05) is 37.7 Å². The van der Waals surface area contributed by atoms with E-state index < -0.39 is 11.5 Å². The Kier molecular flexibility index (Phi) is 5.81. The number of carbonyl (C=O) groups is 1. The number of halogens is 1. The van der Waals surface area contributed by atoms with E-state index in [-0.39, 0.29) is 24.5 Å². The number of fused-ring (bicyclic) bond motifs is 1. The summed E-state index contributed by atoms with van der Waals surface area (Å²) < 4.78 is 20.2. The molecular formula is C23H24FN3O3. The first-order chi connectivity index (χ1) is 14.6. The largest absolute Gasteiger partial charge is 0.462 e. The van der Waals surface area contributed by atoms with Gasteiger partial charge in [0.15, 0.2) is 0 Å². The molecule has 0 spiro atoms. The Balaban J connectivity index is 1.96. The highest BCUT2D eigenvalue weighted by atomic mass is 19.1. The lowest BCUT2D eigenvalue weighted by Crippen LogP contribution is -2.45. The molecule has 0 bridgehead atoms. The number of rotatable bonds is 5. The van der Waals surface area contributed by atoms with Crippen LogP contribution in [0.1, 0.15) is 22.8 Å². The van der Waals surface area contributed by atoms with Gasteiger partial charge in [0.25, 0.3) is 5.56 Å². The lowest BCUT2D eigenvalue weighted by atomic mass is 10.1. The standard InChI is InChI=1S/C23H24FN3O3/c1-2-30-23(29)20-21(26-13-11-25-12-14-26)18-5-3-4-6-19(18)27(22(20)28)15-16-7-9-17(24)10-8-16/h3-10,25H,2,11-15H2,1H3. The fourth-order valence-corrected chi connectivity index (χ4v) is 3.92. The third-order valence-corrected chi connectivity index (χ3v) is 5.31. The van der Waals surface area contributed by atoms with Crippen molar-refractivity contribution in [3.8, 4) is 0 Å². The molecule has 1 aliphatic rings. The quantitative estimate of drug-likeness (QED) is 0.657. The molecule has 0 amide bonds. The summed E-state index contributed by atoms with van der Waals surface area (Å²) in [6, 6.07) is 13.6. The van der Waals surface area contributed by atoms with E-state index in [1.54, 1.807) is 23.6 Å². The molecule has 156 valence electrons. The highest BCUT2D eigenvalue weighted by Crippen LogP contribution is 2.30. The average molecular weight is 409 g/mol. The number of nitrogens with zero attached hydrogens (tertiary/aromatic N) is 2. The van der Waals surface area contributed by atoms with Crippen LogP contribution in [0.2, 0.25) is 0 Å². The van der Waals surface area contributed by atoms with Crippen LogP contribution in [0.15, 0.2) is 53.3 Å². The van der Waals surface area contributed by atoms with Crippen molar-refractivity contribution < 1.29 is 13.9 Å². The van der Waals surface area contributed by atoms with Gasteiger partial charge in [-0.05, 0) is 30.7 Å². The number of para-hydroxylation sites is 1. The van der Waals surface area contributed by atoms with Gasteiger partial charge in [-0.25, -0.2) is 9.18 Å². The molecule has 1 aromatic heterocycles. The highest BCUT2D eigenvalue weighted by molar-refractivity contribution is 6.05. The normalized spacial score (nSPS) is 14.1. The molecule has 1 N–H and O–H groups in total. The second kappa shape index (κ2) is 8.67. The van der Waals surface area contributed by atoms with Crippen LogP contribution < -0.4 is 15.8 Å². The number of nitrogens with one attached hydrogen (secondary N) is 1. The molecule has 30 heavy (non-hydrogen) atoms. The topological polar surface area (TPSA) is 63.6 Å². The Hall–Kier alpha value is -3.19. The van der Waals surface area contributed by atoms with Gasteiger partial charge in [0.1, 0.15) is 11.4 Å². The number of hydrogen-bond acceptors (Lipinski definition) is 5. The van der Waals surface area contributed by atoms with Crippen molar-refractivity contribution in [3.05, 3.63) is 75.8 Å². The van der Waals surface area contributed by atoms with E-state index in [9.17, 15) is 14.0 Å². The third kappa shape index (κ3) is 3.80. The summed E-state index contributed by atoms with van der Waals surface area (Å²) in [7, 11) is 0. The summed E-state index contributed by atoms with van der Waals surface area (Å²) in [5.74, 6) is -0.952. The Labute approximate surface area is 173 Å². The Morgan fingerprint density at radius 2 is 1.80 bits per heavy atom. The minimum atomic E-state index is -0.616. The van der Waals surface area contributed by atoms with Crippen LogP contribution in [-0.4, -0.2) is 43.3 Å². The number of piperazine rings is 1. The molecule has 2 heterocycles. The van der Waals surface area contributed by atoms with Gasteiger partial charge in [-0.3, -0.25) is 4.79 Å². The van der Waals surface area contributed by atoms with E-state index in [1.807, 2.05) is 24.3 Å². The minimum Gasteiger partial charge on any atom is -0.462 e. The summed E-state index contributed by atoms with van der Waals surface area (Å²) in [5.41, 5.74) is 1.79. The number of ether oxygens (including phenoxy) is 1. The van der Waals surface area contributed by atoms with Gasteiger partial charge in [-0.1, -0.05) is 30.3 Å². The number of benzene rings is 2. The fourth-order valence-electron chi connectivity index (χ4n) is 3.92. The van der Waals surface area contributed by atoms with Crippen LogP contribution in [0, 0.1) is 5.82 Å². The second-order valence-corrected chi connectivity index (χ2v) is 7.22. The summed E-state index contributed by atoms with van der Waals surface area (Å²) >= 11 is 0. The maximum atomic E-state index is 13.6. The van der Waals surface area contributed by atoms with Gasteiger partial charge >= 0.3 is 5.97 Å². The first kappa shape index (κ1) is 20.1. The Morgan fingerprint density at radius 3 is 2.50 bits per heavy atom. The van der Waals surface area contributed by atoms with E-state index in [4.69, 9.17) is 4.74 Å². The van der Waals surface area contributed by atoms with Crippen LogP contribution in [0.4, 0.5) is 10.1 Å². The molecule has 0 aliphatic carbocycles. The van der Waals surface area contributed by atoms with Crippen molar-refractivity contribution in [1.29, 1.82) is 0 Å². The predicted octanol–water partition coefficient (Wildman–Crippen LogP) is 2.78. The highest BCUT2D eigenvalue weighted by Gasteiger charge is 2.27. The number of anilines is 1. The number of aromatic nitrogens is 1. The van der Waals surface area contributed by atoms with Crippen molar-refractivity contribution in [2.45, 2.75) is 13.5 Å². The van der Waals surface area contributed by atoms with Gasteiger partial charge in [0, 0.05) is 31.6 Å². The number of carbonyl (C=O) groups excluding carboxylic acids is 1. The molecule has 2 aromatic carbocycles. The van der Waals surface area contributed by atoms with Gasteiger partial charge in [-0.15, -0.1) is 0 Å². The zero-order valence-electron chi connectivity index (χ0n) is 16.9. The van der Waals surface area contributed by atoms with Crippen LogP contribution >= 0.6 is 0 Å². The molecule has 0 unspecified atom stereocenters. The molecule has 0 atom stereocenters. The molecule has 6 nitrogen and oxygen atoms in total. The smallest absolute Gasteiger partial charge is 0.345 e. The molecule has 3 aromatic rings. The molecule has 7 heteroatoms. The van der Waals surface area contributed by atoms with Crippen molar-refractivity contribution in [2.24, 2.45) is 0 Å². The number of esters is 1. The zero-order chi connectivity index (χ0) is 21.1. The van der Waals surface area contributed by atoms with Crippen molar-refractivity contribution >= 4 is 22.6 Å². The predicted molar refractivity (Wildman–Crippen MR) is 115 cm³/mol. The van der Waals surface area contributed by atoms with E-state index in [0.29, 0.717) is 18.8 Å². The van der Waals surface area contributed by atoms with Crippen LogP contribution in [0.25, 0.3) is 10.9 Å². The third-order valence-electron chi connectivity index (χ3n) is 5.31. The summed E-state index contributed by atoms with van der Waals surface area (Å²) in [6.07, 6.45) is 0. The maximum Gasteiger partial charge on any atom is 0.345 e. The average Bonchev–Trinajstić information content (AvgIpc) is 2.77. The van der Waals surface area contributed by atoms with Crippen LogP contribution in [0.3, 0.4) is 0 Å². The lowest BCUT2D eigenvalue weighted by molar-refractivity contribution is 0.0524. The van der Waals surface area contributed by atoms with Gasteiger partial charge < -0.3 is 19.5 Å². The Bertz CT molecular complexity index is 1120. The van der Waals surface area contributed by atoms with E-state index in [1.165, 1.54) is 12.1 Å². The minimum absolute atomic E-state index is 0.0551. The number of pyridine rings is 1. The summed E-state index contributed by atoms with van der Waals surface area (Å²) in [4.78, 5) is 28.6. The number of hydrogen-bond donors (Lipinski definition) is 1. The first-order valence-electron chi connectivity index (χ1n) is 10.1. The molecule has 1 fully saturated rings. The molecular weight excluding hydrogens is 385 g/mol. The van der Waals surface area contributed by atoms with Crippen molar-refractivity contribution in [1.82, 2.24) is 9.88 Å². The zero-order valence-corrected chi connectivity index (χ0v) is 16.9. The fraction of sp³-hybridized carbons (Fsp3) is 0.304. The maximum absolute atomic E-state index is 13.6. The SMILES string of the molecule is CCOC(=O)c1c(N2CCNCC2)c2ccccc2n(Cc2ccc(F)cc2)c1=O. The first-order valence-corrected chi connectivity index (χ1v) is 10.1. The van der Waals surface area contributed by atoms with Crippen LogP contribution in [-0.2, 0) is 11.3 Å². The summed E-state index contributed by atoms with van der Waals surface area (Å²) in [6.45, 7) is 5.07. The summed E-state index contributed by atoms with van der Waals surface area (Å²) in [5, 5.41) is 4.12. The molecule has 1 saturated heterocycles. The molecule has 0 saturated carbocycles. The second-order valence-electron chi connectivity index (χ2n) is 7.22. The van der Waals surface area contributed by atoms with E-state index in [0.717, 1.165) is 29.6 Å². The van der Waals surface area contributed by atoms with Crippen LogP contribution in [0.5, 0.6) is 0 Å². The monoisotopic (exact) mass is 409 g/mol.